The number of amides is 1. The zero-order valence-electron chi connectivity index (χ0n) is 11.4. The van der Waals surface area contributed by atoms with E-state index >= 15 is 0 Å². The zero-order valence-corrected chi connectivity index (χ0v) is 11.4. The van der Waals surface area contributed by atoms with Crippen molar-refractivity contribution in [1.29, 1.82) is 0 Å². The van der Waals surface area contributed by atoms with Gasteiger partial charge in [0.15, 0.2) is 0 Å². The maximum atomic E-state index is 13.4. The lowest BCUT2D eigenvalue weighted by atomic mass is 10.00. The molecular weight excluding hydrogens is 306 g/mol. The van der Waals surface area contributed by atoms with Gasteiger partial charge in [0.2, 0.25) is 0 Å². The van der Waals surface area contributed by atoms with Crippen LogP contribution in [0.2, 0.25) is 0 Å². The van der Waals surface area contributed by atoms with Crippen LogP contribution in [0.15, 0.2) is 18.2 Å². The minimum atomic E-state index is -4.79. The Kier molecular flexibility index (Phi) is 4.39. The number of carbonyl (C=O) groups is 2. The van der Waals surface area contributed by atoms with E-state index in [9.17, 15) is 27.2 Å². The number of alkyl halides is 3. The number of rotatable bonds is 2. The second-order valence-corrected chi connectivity index (χ2v) is 5.07. The van der Waals surface area contributed by atoms with Crippen LogP contribution >= 0.6 is 0 Å². The molecular formula is C14H13F4NO3. The van der Waals surface area contributed by atoms with Gasteiger partial charge >= 0.3 is 12.1 Å². The van der Waals surface area contributed by atoms with E-state index < -0.39 is 41.0 Å². The standard InChI is InChI=1S/C14H13F4NO3/c15-10-6-8(5-9(7-10)14(16,17)18)12(20)19-4-2-1-3-11(19)13(21)22/h5-7,11H,1-4H2,(H,21,22). The molecule has 120 valence electrons. The molecule has 0 radical (unpaired) electrons. The summed E-state index contributed by atoms with van der Waals surface area (Å²) in [6.45, 7) is 0.119. The van der Waals surface area contributed by atoms with E-state index in [4.69, 9.17) is 5.11 Å². The van der Waals surface area contributed by atoms with Gasteiger partial charge in [-0.1, -0.05) is 0 Å². The van der Waals surface area contributed by atoms with Gasteiger partial charge in [-0.25, -0.2) is 9.18 Å². The first kappa shape index (κ1) is 16.3. The van der Waals surface area contributed by atoms with E-state index in [1.807, 2.05) is 0 Å². The van der Waals surface area contributed by atoms with E-state index in [2.05, 4.69) is 0 Å². The largest absolute Gasteiger partial charge is 0.480 e. The summed E-state index contributed by atoms with van der Waals surface area (Å²) >= 11 is 0. The lowest BCUT2D eigenvalue weighted by Gasteiger charge is -2.33. The molecule has 1 aromatic rings. The summed E-state index contributed by atoms with van der Waals surface area (Å²) in [5.74, 6) is -3.32. The van der Waals surface area contributed by atoms with Crippen molar-refractivity contribution in [2.45, 2.75) is 31.5 Å². The van der Waals surface area contributed by atoms with Gasteiger partial charge in [0.1, 0.15) is 11.9 Å². The van der Waals surface area contributed by atoms with Crippen LogP contribution < -0.4 is 0 Å². The molecule has 1 heterocycles. The fourth-order valence-electron chi connectivity index (χ4n) is 2.47. The first-order chi connectivity index (χ1) is 10.2. The summed E-state index contributed by atoms with van der Waals surface area (Å²) in [5, 5.41) is 9.09. The molecule has 2 rings (SSSR count). The van der Waals surface area contributed by atoms with Crippen molar-refractivity contribution in [3.05, 3.63) is 35.1 Å². The van der Waals surface area contributed by atoms with Gasteiger partial charge in [0.25, 0.3) is 5.91 Å². The molecule has 0 aromatic heterocycles. The van der Waals surface area contributed by atoms with Gasteiger partial charge in [-0.3, -0.25) is 4.79 Å². The SMILES string of the molecule is O=C(O)C1CCCCN1C(=O)c1cc(F)cc(C(F)(F)F)c1. The Bertz CT molecular complexity index is 600. The fraction of sp³-hybridized carbons (Fsp3) is 0.429. The number of nitrogens with zero attached hydrogens (tertiary/aromatic N) is 1. The Morgan fingerprint density at radius 1 is 1.18 bits per heavy atom. The molecule has 1 N–H and O–H groups in total. The maximum absolute atomic E-state index is 13.4. The number of carboxylic acid groups (broad SMARTS) is 1. The molecule has 1 amide bonds. The van der Waals surface area contributed by atoms with Crippen molar-refractivity contribution in [1.82, 2.24) is 4.90 Å². The average Bonchev–Trinajstić information content (AvgIpc) is 2.45. The van der Waals surface area contributed by atoms with Gasteiger partial charge in [0, 0.05) is 12.1 Å². The number of aliphatic carboxylic acids is 1. The smallest absolute Gasteiger partial charge is 0.416 e. The molecule has 0 aliphatic carbocycles. The van der Waals surface area contributed by atoms with Crippen molar-refractivity contribution in [2.24, 2.45) is 0 Å². The summed E-state index contributed by atoms with van der Waals surface area (Å²) in [6.07, 6.45) is -3.40. The molecule has 1 aliphatic rings. The highest BCUT2D eigenvalue weighted by molar-refractivity contribution is 5.97. The molecule has 1 unspecified atom stereocenters. The summed E-state index contributed by atoms with van der Waals surface area (Å²) in [5.41, 5.74) is -1.78. The first-order valence-electron chi connectivity index (χ1n) is 6.61. The third kappa shape index (κ3) is 3.37. The van der Waals surface area contributed by atoms with Gasteiger partial charge in [-0.05, 0) is 37.5 Å². The summed E-state index contributed by atoms with van der Waals surface area (Å²) in [7, 11) is 0. The van der Waals surface area contributed by atoms with Crippen molar-refractivity contribution >= 4 is 11.9 Å². The zero-order chi connectivity index (χ0) is 16.5. The lowest BCUT2D eigenvalue weighted by Crippen LogP contribution is -2.48. The Morgan fingerprint density at radius 2 is 1.86 bits per heavy atom. The predicted molar refractivity (Wildman–Crippen MR) is 67.7 cm³/mol. The van der Waals surface area contributed by atoms with Crippen molar-refractivity contribution < 1.29 is 32.3 Å². The topological polar surface area (TPSA) is 57.6 Å². The second kappa shape index (κ2) is 5.94. The van der Waals surface area contributed by atoms with Crippen LogP contribution in [0.4, 0.5) is 17.6 Å². The molecule has 1 saturated heterocycles. The molecule has 1 aromatic carbocycles. The number of hydrogen-bond acceptors (Lipinski definition) is 2. The Labute approximate surface area is 123 Å². The number of carboxylic acids is 1. The molecule has 0 spiro atoms. The van der Waals surface area contributed by atoms with Crippen LogP contribution in [0.5, 0.6) is 0 Å². The average molecular weight is 319 g/mol. The Morgan fingerprint density at radius 3 is 2.45 bits per heavy atom. The van der Waals surface area contributed by atoms with Crippen molar-refractivity contribution in [3.8, 4) is 0 Å². The number of benzene rings is 1. The highest BCUT2D eigenvalue weighted by Gasteiger charge is 2.35. The predicted octanol–water partition coefficient (Wildman–Crippen LogP) is 2.92. The lowest BCUT2D eigenvalue weighted by molar-refractivity contribution is -0.143. The van der Waals surface area contributed by atoms with E-state index in [-0.39, 0.29) is 13.0 Å². The highest BCUT2D eigenvalue weighted by Crippen LogP contribution is 2.31. The summed E-state index contributed by atoms with van der Waals surface area (Å²) in [6, 6.07) is 0.421. The molecule has 0 saturated carbocycles. The highest BCUT2D eigenvalue weighted by atomic mass is 19.4. The minimum absolute atomic E-state index is 0.119. The third-order valence-corrected chi connectivity index (χ3v) is 3.52. The van der Waals surface area contributed by atoms with Gasteiger partial charge in [0.05, 0.1) is 5.56 Å². The second-order valence-electron chi connectivity index (χ2n) is 5.07. The Hall–Kier alpha value is -2.12. The molecule has 1 aliphatic heterocycles. The molecule has 0 bridgehead atoms. The summed E-state index contributed by atoms with van der Waals surface area (Å²) < 4.78 is 51.4. The van der Waals surface area contributed by atoms with Gasteiger partial charge in [-0.2, -0.15) is 13.2 Å². The van der Waals surface area contributed by atoms with E-state index in [0.717, 1.165) is 4.90 Å². The van der Waals surface area contributed by atoms with Gasteiger partial charge < -0.3 is 10.0 Å². The molecule has 1 atom stereocenters. The van der Waals surface area contributed by atoms with Crippen LogP contribution in [-0.2, 0) is 11.0 Å². The summed E-state index contributed by atoms with van der Waals surface area (Å²) in [4.78, 5) is 24.4. The first-order valence-corrected chi connectivity index (χ1v) is 6.61. The minimum Gasteiger partial charge on any atom is -0.480 e. The van der Waals surface area contributed by atoms with Crippen LogP contribution in [0.3, 0.4) is 0 Å². The quantitative estimate of drug-likeness (QED) is 0.853. The monoisotopic (exact) mass is 319 g/mol. The van der Waals surface area contributed by atoms with Crippen LogP contribution in [0.25, 0.3) is 0 Å². The number of hydrogen-bond donors (Lipinski definition) is 1. The van der Waals surface area contributed by atoms with Crippen LogP contribution in [0, 0.1) is 5.82 Å². The number of carbonyl (C=O) groups excluding carboxylic acids is 1. The maximum Gasteiger partial charge on any atom is 0.416 e. The molecule has 8 heteroatoms. The Balaban J connectivity index is 2.36. The van der Waals surface area contributed by atoms with E-state index in [1.165, 1.54) is 0 Å². The molecule has 22 heavy (non-hydrogen) atoms. The number of halogens is 4. The molecule has 1 fully saturated rings. The van der Waals surface area contributed by atoms with Crippen LogP contribution in [0.1, 0.15) is 35.2 Å². The van der Waals surface area contributed by atoms with Crippen molar-refractivity contribution in [2.75, 3.05) is 6.54 Å². The third-order valence-electron chi connectivity index (χ3n) is 3.52. The molecule has 4 nitrogen and oxygen atoms in total. The normalized spacial score (nSPS) is 19.1. The van der Waals surface area contributed by atoms with E-state index in [0.29, 0.717) is 31.0 Å². The van der Waals surface area contributed by atoms with E-state index in [1.54, 1.807) is 0 Å². The number of piperidine rings is 1. The van der Waals surface area contributed by atoms with Crippen LogP contribution in [-0.4, -0.2) is 34.5 Å². The fourth-order valence-corrected chi connectivity index (χ4v) is 2.47. The number of likely N-dealkylation sites (tertiary alicyclic amines) is 1. The van der Waals surface area contributed by atoms with Gasteiger partial charge in [-0.15, -0.1) is 0 Å². The van der Waals surface area contributed by atoms with Crippen molar-refractivity contribution in [3.63, 3.8) is 0 Å².